The quantitative estimate of drug-likeness (QED) is 0.212. The molecule has 8 nitrogen and oxygen atoms in total. The molecule has 0 bridgehead atoms. The van der Waals surface area contributed by atoms with E-state index in [1.54, 1.807) is 0 Å². The maximum Gasteiger partial charge on any atom is 0.302 e. The summed E-state index contributed by atoms with van der Waals surface area (Å²) in [5, 5.41) is 25.8. The molecule has 4 fully saturated rings. The largest absolute Gasteiger partial charge is 0.465 e. The highest BCUT2D eigenvalue weighted by Gasteiger charge is 2.72. The molecular weight excluding hydrogens is 618 g/mol. The van der Waals surface area contributed by atoms with Crippen LogP contribution in [-0.2, 0) is 30.5 Å². The Hall–Kier alpha value is -2.71. The molecule has 6 rings (SSSR count). The number of benzene rings is 1. The fourth-order valence-corrected chi connectivity index (χ4v) is 12.5. The molecule has 11 atom stereocenters. The Morgan fingerprint density at radius 2 is 1.61 bits per heavy atom. The molecule has 0 spiro atoms. The van der Waals surface area contributed by atoms with Crippen molar-refractivity contribution in [2.75, 3.05) is 11.9 Å². The van der Waals surface area contributed by atoms with Gasteiger partial charge in [0.25, 0.3) is 0 Å². The minimum Gasteiger partial charge on any atom is -0.465 e. The summed E-state index contributed by atoms with van der Waals surface area (Å²) in [5.74, 6) is -0.467. The maximum absolute atomic E-state index is 14.7. The molecule has 0 saturated heterocycles. The number of carbonyl (C=O) groups excluding carboxylic acids is 3. The van der Waals surface area contributed by atoms with Crippen LogP contribution in [0, 0.1) is 50.7 Å². The minimum atomic E-state index is -1.07. The van der Waals surface area contributed by atoms with Crippen LogP contribution in [0.4, 0.5) is 5.69 Å². The number of fused-ring (bicyclic) bond motifs is 7. The van der Waals surface area contributed by atoms with Gasteiger partial charge in [-0.25, -0.2) is 0 Å². The van der Waals surface area contributed by atoms with Gasteiger partial charge in [0.05, 0.1) is 17.6 Å². The first-order chi connectivity index (χ1) is 22.9. The minimum absolute atomic E-state index is 0.0312. The lowest BCUT2D eigenvalue weighted by atomic mass is 9.33. The third-order valence-electron chi connectivity index (χ3n) is 15.6. The molecule has 49 heavy (non-hydrogen) atoms. The fraction of sp³-hybridized carbons (Fsp3) is 0.732. The summed E-state index contributed by atoms with van der Waals surface area (Å²) < 4.78 is 11.7. The van der Waals surface area contributed by atoms with Crippen molar-refractivity contribution in [3.63, 3.8) is 0 Å². The number of amides is 1. The van der Waals surface area contributed by atoms with Gasteiger partial charge in [-0.3, -0.25) is 14.4 Å². The Labute approximate surface area is 292 Å². The number of allylic oxidation sites excluding steroid dienone is 1. The molecule has 4 saturated carbocycles. The average molecular weight is 678 g/mol. The lowest BCUT2D eigenvalue weighted by Gasteiger charge is -2.72. The van der Waals surface area contributed by atoms with Crippen LogP contribution in [-0.4, -0.2) is 46.4 Å². The van der Waals surface area contributed by atoms with Crippen molar-refractivity contribution in [2.24, 2.45) is 50.7 Å². The van der Waals surface area contributed by atoms with Crippen LogP contribution in [0.15, 0.2) is 35.9 Å². The molecule has 3 N–H and O–H groups in total. The van der Waals surface area contributed by atoms with E-state index in [0.717, 1.165) is 44.9 Å². The summed E-state index contributed by atoms with van der Waals surface area (Å²) in [7, 11) is 0. The number of rotatable bonds is 6. The number of carbonyl (C=O) groups is 3. The van der Waals surface area contributed by atoms with Crippen LogP contribution in [0.2, 0.25) is 0 Å². The number of para-hydroxylation sites is 1. The van der Waals surface area contributed by atoms with Crippen molar-refractivity contribution in [1.29, 1.82) is 0 Å². The Kier molecular flexibility index (Phi) is 9.00. The summed E-state index contributed by atoms with van der Waals surface area (Å²) in [6.45, 7) is 16.5. The van der Waals surface area contributed by atoms with Crippen molar-refractivity contribution in [1.82, 2.24) is 0 Å². The summed E-state index contributed by atoms with van der Waals surface area (Å²) in [5.41, 5.74) is -0.210. The molecule has 5 aliphatic carbocycles. The van der Waals surface area contributed by atoms with Gasteiger partial charge in [-0.15, -0.1) is 0 Å². The van der Waals surface area contributed by atoms with E-state index in [1.807, 2.05) is 31.2 Å². The zero-order chi connectivity index (χ0) is 35.8. The number of hydrogen-bond acceptors (Lipinski definition) is 7. The normalized spacial score (nSPS) is 44.2. The summed E-state index contributed by atoms with van der Waals surface area (Å²) in [4.78, 5) is 39.0. The average Bonchev–Trinajstić information content (AvgIpc) is 3.03. The topological polar surface area (TPSA) is 122 Å². The van der Waals surface area contributed by atoms with E-state index in [2.05, 4.69) is 46.0 Å². The van der Waals surface area contributed by atoms with Crippen molar-refractivity contribution < 1.29 is 34.1 Å². The first-order valence-corrected chi connectivity index (χ1v) is 18.6. The maximum atomic E-state index is 14.7. The van der Waals surface area contributed by atoms with Crippen molar-refractivity contribution >= 4 is 23.5 Å². The van der Waals surface area contributed by atoms with Gasteiger partial charge in [0.2, 0.25) is 5.91 Å². The van der Waals surface area contributed by atoms with Crippen molar-refractivity contribution in [3.05, 3.63) is 41.5 Å². The SMILES string of the molecule is CC(=O)OC[C@@]1(C)[C@@H]2CC[C@]3(C)[C@H](CC=C4[C@H]5[C@](C(=O)Nc6ccccc6CO)(CC[C@@H](C)[C@@]5(C)O)CC[C@]43C)[C@@]2(C)CC[C@@H]1OC(C)=O. The van der Waals surface area contributed by atoms with E-state index in [0.29, 0.717) is 30.0 Å². The second-order valence-electron chi connectivity index (χ2n) is 17.7. The van der Waals surface area contributed by atoms with E-state index in [-0.39, 0.29) is 71.2 Å². The smallest absolute Gasteiger partial charge is 0.302 e. The number of aliphatic hydroxyl groups is 2. The highest BCUT2D eigenvalue weighted by molar-refractivity contribution is 5.97. The molecule has 1 aromatic carbocycles. The molecule has 0 unspecified atom stereocenters. The molecule has 5 aliphatic rings. The van der Waals surface area contributed by atoms with Gasteiger partial charge in [0, 0.05) is 36.4 Å². The predicted octanol–water partition coefficient (Wildman–Crippen LogP) is 7.36. The highest BCUT2D eigenvalue weighted by atomic mass is 16.6. The zero-order valence-corrected chi connectivity index (χ0v) is 31.0. The van der Waals surface area contributed by atoms with Crippen molar-refractivity contribution in [3.8, 4) is 0 Å². The molecule has 1 aromatic rings. The number of anilines is 1. The lowest BCUT2D eigenvalue weighted by Crippen LogP contribution is -2.68. The molecule has 0 radical (unpaired) electrons. The van der Waals surface area contributed by atoms with E-state index >= 15 is 0 Å². The van der Waals surface area contributed by atoms with Crippen LogP contribution in [0.5, 0.6) is 0 Å². The Bertz CT molecular complexity index is 1530. The first kappa shape index (κ1) is 36.1. The van der Waals surface area contributed by atoms with E-state index < -0.39 is 16.4 Å². The number of esters is 2. The van der Waals surface area contributed by atoms with Gasteiger partial charge >= 0.3 is 11.9 Å². The zero-order valence-electron chi connectivity index (χ0n) is 31.0. The second-order valence-corrected chi connectivity index (χ2v) is 17.7. The van der Waals surface area contributed by atoms with Crippen LogP contribution >= 0.6 is 0 Å². The Morgan fingerprint density at radius 1 is 0.898 bits per heavy atom. The molecule has 8 heteroatoms. The van der Waals surface area contributed by atoms with Crippen LogP contribution in [0.25, 0.3) is 0 Å². The van der Waals surface area contributed by atoms with E-state index in [9.17, 15) is 24.6 Å². The second kappa shape index (κ2) is 12.2. The predicted molar refractivity (Wildman–Crippen MR) is 188 cm³/mol. The molecule has 0 aliphatic heterocycles. The number of ether oxygens (including phenoxy) is 2. The van der Waals surface area contributed by atoms with Crippen LogP contribution in [0.3, 0.4) is 0 Å². The lowest BCUT2D eigenvalue weighted by molar-refractivity contribution is -0.230. The fourth-order valence-electron chi connectivity index (χ4n) is 12.5. The summed E-state index contributed by atoms with van der Waals surface area (Å²) in [6.07, 6.45) is 9.48. The highest BCUT2D eigenvalue weighted by Crippen LogP contribution is 2.76. The van der Waals surface area contributed by atoms with Gasteiger partial charge in [0.1, 0.15) is 12.7 Å². The van der Waals surface area contributed by atoms with Gasteiger partial charge in [-0.05, 0) is 105 Å². The molecular formula is C41H59NO7. The number of nitrogens with one attached hydrogen (secondary N) is 1. The molecule has 1 amide bonds. The van der Waals surface area contributed by atoms with E-state index in [4.69, 9.17) is 9.47 Å². The van der Waals surface area contributed by atoms with Crippen molar-refractivity contribution in [2.45, 2.75) is 131 Å². The number of hydrogen-bond donors (Lipinski definition) is 3. The van der Waals surface area contributed by atoms with Gasteiger partial charge < -0.3 is 25.0 Å². The third kappa shape index (κ3) is 5.24. The third-order valence-corrected chi connectivity index (χ3v) is 15.6. The summed E-state index contributed by atoms with van der Waals surface area (Å²) in [6, 6.07) is 7.42. The number of aliphatic hydroxyl groups excluding tert-OH is 1. The summed E-state index contributed by atoms with van der Waals surface area (Å²) >= 11 is 0. The monoisotopic (exact) mass is 677 g/mol. The molecule has 0 heterocycles. The Balaban J connectivity index is 1.41. The van der Waals surface area contributed by atoms with Gasteiger partial charge in [-0.2, -0.15) is 0 Å². The van der Waals surface area contributed by atoms with Crippen LogP contribution < -0.4 is 5.32 Å². The molecule has 270 valence electrons. The van der Waals surface area contributed by atoms with E-state index in [1.165, 1.54) is 19.4 Å². The van der Waals surface area contributed by atoms with Gasteiger partial charge in [-0.1, -0.05) is 64.5 Å². The first-order valence-electron chi connectivity index (χ1n) is 18.6. The molecule has 0 aromatic heterocycles. The Morgan fingerprint density at radius 3 is 2.29 bits per heavy atom. The standard InChI is InChI=1S/C41H59NO7/c1-25-15-20-41(35(46)42-30-12-10-9-11-28(30)23-43)22-21-38(6)29(34(41)40(25,8)47)13-14-32-36(4)18-17-33(49-27(3)45)37(5,24-48-26(2)44)31(36)16-19-39(32,38)7/h9-13,25,31-34,43,47H,14-24H2,1-8H3,(H,42,46)/t25-,31-,32-,33+,34-,36+,37+,38-,39-,40-,41+/m1/s1. The van der Waals surface area contributed by atoms with Crippen LogP contribution in [0.1, 0.15) is 119 Å². The van der Waals surface area contributed by atoms with Gasteiger partial charge in [0.15, 0.2) is 0 Å².